The van der Waals surface area contributed by atoms with Crippen LogP contribution in [0.5, 0.6) is 5.88 Å². The minimum atomic E-state index is -0.547. The number of nitrogens with one attached hydrogen (secondary N) is 1. The van der Waals surface area contributed by atoms with Crippen molar-refractivity contribution in [2.75, 3.05) is 0 Å². The van der Waals surface area contributed by atoms with E-state index in [0.717, 1.165) is 6.07 Å². The van der Waals surface area contributed by atoms with Gasteiger partial charge >= 0.3 is 0 Å². The predicted molar refractivity (Wildman–Crippen MR) is 43.3 cm³/mol. The van der Waals surface area contributed by atoms with E-state index in [9.17, 15) is 9.59 Å². The molecule has 0 amide bonds. The number of aromatic hydroxyl groups is 1. The van der Waals surface area contributed by atoms with Crippen LogP contribution in [-0.2, 0) is 0 Å². The molecule has 1 heterocycles. The Bertz CT molecular complexity index is 306. The fourth-order valence-electron chi connectivity index (χ4n) is 0.519. The van der Waals surface area contributed by atoms with Crippen LogP contribution in [-0.4, -0.2) is 21.4 Å². The summed E-state index contributed by atoms with van der Waals surface area (Å²) in [6.45, 7) is 4.00. The third-order valence-corrected chi connectivity index (χ3v) is 0.858. The molecule has 0 aliphatic carbocycles. The maximum Gasteiger partial charge on any atom is 0.255 e. The molecule has 0 saturated carbocycles. The summed E-state index contributed by atoms with van der Waals surface area (Å²) in [5.41, 5.74) is -0.547. The van der Waals surface area contributed by atoms with Crippen molar-refractivity contribution in [1.82, 2.24) is 9.97 Å². The molecule has 0 atom stereocenters. The van der Waals surface area contributed by atoms with E-state index in [1.165, 1.54) is 0 Å². The average Bonchev–Trinajstić information content (AvgIpc) is 2.06. The van der Waals surface area contributed by atoms with E-state index in [1.807, 2.05) is 13.8 Å². The molecule has 0 radical (unpaired) electrons. The van der Waals surface area contributed by atoms with Gasteiger partial charge in [0, 0.05) is 0 Å². The van der Waals surface area contributed by atoms with Gasteiger partial charge in [-0.25, -0.2) is 0 Å². The van der Waals surface area contributed by atoms with E-state index in [0.29, 0.717) is 6.29 Å². The second-order valence-corrected chi connectivity index (χ2v) is 1.61. The van der Waals surface area contributed by atoms with Crippen LogP contribution in [0.15, 0.2) is 10.9 Å². The van der Waals surface area contributed by atoms with Crippen LogP contribution in [0.2, 0.25) is 0 Å². The lowest BCUT2D eigenvalue weighted by Gasteiger charge is -1.89. The topological polar surface area (TPSA) is 83.0 Å². The first-order chi connectivity index (χ1) is 5.72. The Morgan fingerprint density at radius 1 is 1.58 bits per heavy atom. The van der Waals surface area contributed by atoms with Crippen LogP contribution < -0.4 is 5.56 Å². The van der Waals surface area contributed by atoms with Gasteiger partial charge in [-0.1, -0.05) is 13.8 Å². The molecule has 1 aromatic heterocycles. The molecule has 66 valence electrons. The number of aromatic amines is 1. The van der Waals surface area contributed by atoms with Crippen molar-refractivity contribution >= 4 is 6.29 Å². The zero-order valence-corrected chi connectivity index (χ0v) is 6.87. The second-order valence-electron chi connectivity index (χ2n) is 1.61. The van der Waals surface area contributed by atoms with E-state index in [1.54, 1.807) is 0 Å². The number of H-pyrrole nitrogens is 1. The Kier molecular flexibility index (Phi) is 4.36. The highest BCUT2D eigenvalue weighted by Gasteiger charge is 1.95. The van der Waals surface area contributed by atoms with Crippen LogP contribution in [0.4, 0.5) is 0 Å². The van der Waals surface area contributed by atoms with E-state index in [4.69, 9.17) is 5.11 Å². The van der Waals surface area contributed by atoms with Gasteiger partial charge in [-0.2, -0.15) is 4.98 Å². The molecule has 1 rings (SSSR count). The smallest absolute Gasteiger partial charge is 0.255 e. The van der Waals surface area contributed by atoms with E-state index < -0.39 is 11.4 Å². The number of carbonyl (C=O) groups is 1. The van der Waals surface area contributed by atoms with Crippen molar-refractivity contribution in [2.24, 2.45) is 0 Å². The maximum absolute atomic E-state index is 10.5. The van der Waals surface area contributed by atoms with Crippen molar-refractivity contribution in [2.45, 2.75) is 13.8 Å². The highest BCUT2D eigenvalue weighted by molar-refractivity contribution is 5.68. The highest BCUT2D eigenvalue weighted by atomic mass is 16.3. The number of rotatable bonds is 1. The molecule has 0 saturated heterocycles. The summed E-state index contributed by atoms with van der Waals surface area (Å²) in [5, 5.41) is 8.64. The molecule has 0 unspecified atom stereocenters. The average molecular weight is 170 g/mol. The standard InChI is InChI=1S/C5H4N2O3.C2H6/c8-2-3-6-4(9)1-5(10)7-3;1-2/h1-2H,(H2,6,7,9,10);1-2H3. The van der Waals surface area contributed by atoms with Crippen LogP contribution >= 0.6 is 0 Å². The minimum Gasteiger partial charge on any atom is -0.493 e. The molecule has 0 aliphatic rings. The van der Waals surface area contributed by atoms with Gasteiger partial charge in [-0.05, 0) is 0 Å². The van der Waals surface area contributed by atoms with Gasteiger partial charge in [-0.3, -0.25) is 9.59 Å². The summed E-state index contributed by atoms with van der Waals surface area (Å²) in [4.78, 5) is 25.8. The Hall–Kier alpha value is -1.65. The van der Waals surface area contributed by atoms with Gasteiger partial charge < -0.3 is 10.1 Å². The Labute approximate surface area is 69.1 Å². The number of aromatic nitrogens is 2. The molecule has 5 heteroatoms. The maximum atomic E-state index is 10.5. The lowest BCUT2D eigenvalue weighted by atomic mass is 10.6. The highest BCUT2D eigenvalue weighted by Crippen LogP contribution is 1.94. The normalized spacial score (nSPS) is 8.17. The van der Waals surface area contributed by atoms with Gasteiger partial charge in [0.05, 0.1) is 6.07 Å². The molecular weight excluding hydrogens is 160 g/mol. The van der Waals surface area contributed by atoms with Gasteiger partial charge in [0.25, 0.3) is 5.56 Å². The Morgan fingerprint density at radius 2 is 2.17 bits per heavy atom. The minimum absolute atomic E-state index is 0.176. The fourth-order valence-corrected chi connectivity index (χ4v) is 0.519. The van der Waals surface area contributed by atoms with E-state index in [-0.39, 0.29) is 5.82 Å². The lowest BCUT2D eigenvalue weighted by molar-refractivity contribution is 0.111. The summed E-state index contributed by atoms with van der Waals surface area (Å²) in [6.07, 6.45) is 0.348. The van der Waals surface area contributed by atoms with Gasteiger partial charge in [-0.15, -0.1) is 0 Å². The molecule has 0 bridgehead atoms. The summed E-state index contributed by atoms with van der Waals surface area (Å²) in [6, 6.07) is 0.882. The third kappa shape index (κ3) is 2.96. The SMILES string of the molecule is CC.O=Cc1nc(O)cc(=O)[nH]1. The molecule has 5 nitrogen and oxygen atoms in total. The molecule has 0 spiro atoms. The third-order valence-electron chi connectivity index (χ3n) is 0.858. The van der Waals surface area contributed by atoms with Crippen LogP contribution in [0.25, 0.3) is 0 Å². The number of nitrogens with zero attached hydrogens (tertiary/aromatic N) is 1. The molecule has 12 heavy (non-hydrogen) atoms. The van der Waals surface area contributed by atoms with Crippen molar-refractivity contribution < 1.29 is 9.90 Å². The first kappa shape index (κ1) is 10.3. The fraction of sp³-hybridized carbons (Fsp3) is 0.286. The molecule has 0 aliphatic heterocycles. The molecular formula is C7H10N2O3. The number of carbonyl (C=O) groups excluding carboxylic acids is 1. The van der Waals surface area contributed by atoms with Gasteiger partial charge in [0.1, 0.15) is 0 Å². The summed E-state index contributed by atoms with van der Waals surface area (Å²) in [5.74, 6) is -0.629. The van der Waals surface area contributed by atoms with Crippen molar-refractivity contribution in [3.63, 3.8) is 0 Å². The van der Waals surface area contributed by atoms with Crippen LogP contribution in [0, 0.1) is 0 Å². The molecule has 2 N–H and O–H groups in total. The largest absolute Gasteiger partial charge is 0.493 e. The van der Waals surface area contributed by atoms with Crippen LogP contribution in [0.1, 0.15) is 24.5 Å². The monoisotopic (exact) mass is 170 g/mol. The predicted octanol–water partition coefficient (Wildman–Crippen LogP) is 0.314. The first-order valence-corrected chi connectivity index (χ1v) is 3.48. The number of hydrogen-bond acceptors (Lipinski definition) is 4. The number of hydrogen-bond donors (Lipinski definition) is 2. The van der Waals surface area contributed by atoms with Crippen molar-refractivity contribution in [3.8, 4) is 5.88 Å². The van der Waals surface area contributed by atoms with Crippen molar-refractivity contribution in [1.29, 1.82) is 0 Å². The zero-order valence-electron chi connectivity index (χ0n) is 6.87. The van der Waals surface area contributed by atoms with E-state index >= 15 is 0 Å². The quantitative estimate of drug-likeness (QED) is 0.594. The summed E-state index contributed by atoms with van der Waals surface area (Å²) in [7, 11) is 0. The zero-order chi connectivity index (χ0) is 9.56. The van der Waals surface area contributed by atoms with Crippen molar-refractivity contribution in [3.05, 3.63) is 22.2 Å². The molecule has 1 aromatic rings. The summed E-state index contributed by atoms with van der Waals surface area (Å²) < 4.78 is 0. The Morgan fingerprint density at radius 3 is 2.58 bits per heavy atom. The molecule has 0 aromatic carbocycles. The van der Waals surface area contributed by atoms with E-state index in [2.05, 4.69) is 9.97 Å². The lowest BCUT2D eigenvalue weighted by Crippen LogP contribution is -2.08. The second kappa shape index (κ2) is 5.06. The van der Waals surface area contributed by atoms with Gasteiger partial charge in [0.15, 0.2) is 12.1 Å². The van der Waals surface area contributed by atoms with Gasteiger partial charge in [0.2, 0.25) is 5.88 Å². The Balaban J connectivity index is 0.000000561. The number of aldehydes is 1. The summed E-state index contributed by atoms with van der Waals surface area (Å²) >= 11 is 0. The van der Waals surface area contributed by atoms with Crippen LogP contribution in [0.3, 0.4) is 0 Å². The molecule has 0 fully saturated rings. The first-order valence-electron chi connectivity index (χ1n) is 3.48.